The van der Waals surface area contributed by atoms with Crippen molar-refractivity contribution in [3.63, 3.8) is 0 Å². The Kier molecular flexibility index (Phi) is 10.5. The second-order valence-electron chi connectivity index (χ2n) is 12.6. The number of piperidine rings is 1. The van der Waals surface area contributed by atoms with Crippen LogP contribution >= 0.6 is 11.6 Å². The van der Waals surface area contributed by atoms with Gasteiger partial charge in [0, 0.05) is 56.9 Å². The largest absolute Gasteiger partial charge is 0.478 e. The number of amides is 2. The van der Waals surface area contributed by atoms with Gasteiger partial charge in [0.2, 0.25) is 0 Å². The monoisotopic (exact) mass is 741 g/mol. The Bertz CT molecular complexity index is 1990. The number of benzene rings is 3. The molecule has 4 N–H and O–H groups in total. The molecule has 2 aliphatic rings. The number of alkyl halides is 3. The summed E-state index contributed by atoms with van der Waals surface area (Å²) in [6.45, 7) is 1.51. The van der Waals surface area contributed by atoms with Crippen LogP contribution in [0.1, 0.15) is 40.4 Å². The highest BCUT2D eigenvalue weighted by molar-refractivity contribution is 6.33. The van der Waals surface area contributed by atoms with Gasteiger partial charge in [-0.25, -0.2) is 19.1 Å². The molecule has 17 heteroatoms. The first-order valence-corrected chi connectivity index (χ1v) is 16.9. The molecule has 4 aromatic rings. The van der Waals surface area contributed by atoms with E-state index in [1.54, 1.807) is 12.1 Å². The molecule has 1 atom stereocenters. The zero-order chi connectivity index (χ0) is 37.2. The number of ether oxygens (including phenoxy) is 1. The van der Waals surface area contributed by atoms with E-state index in [0.717, 1.165) is 17.3 Å². The van der Waals surface area contributed by atoms with E-state index in [1.807, 2.05) is 35.2 Å². The molecule has 13 nitrogen and oxygen atoms in total. The van der Waals surface area contributed by atoms with Crippen molar-refractivity contribution in [1.29, 1.82) is 0 Å². The maximum absolute atomic E-state index is 13.9. The fourth-order valence-electron chi connectivity index (χ4n) is 6.42. The molecule has 0 bridgehead atoms. The van der Waals surface area contributed by atoms with E-state index in [0.29, 0.717) is 31.8 Å². The molecule has 0 aliphatic carbocycles. The second-order valence-corrected chi connectivity index (χ2v) is 13.0. The smallest absolute Gasteiger partial charge is 0.418 e. The Labute approximate surface area is 300 Å². The average molecular weight is 742 g/mol. The molecule has 1 aromatic heterocycles. The van der Waals surface area contributed by atoms with Crippen LogP contribution in [0, 0.1) is 0 Å². The number of aromatic nitrogens is 3. The number of piperazine rings is 1. The minimum Gasteiger partial charge on any atom is -0.478 e. The van der Waals surface area contributed by atoms with E-state index in [4.69, 9.17) is 22.1 Å². The van der Waals surface area contributed by atoms with Crippen LogP contribution in [0.4, 0.5) is 29.3 Å². The van der Waals surface area contributed by atoms with Crippen LogP contribution < -0.4 is 16.3 Å². The fraction of sp³-hybridized carbons (Fsp3) is 0.343. The lowest BCUT2D eigenvalue weighted by Crippen LogP contribution is -2.53. The van der Waals surface area contributed by atoms with E-state index in [2.05, 4.69) is 10.1 Å². The minimum atomic E-state index is -4.82. The summed E-state index contributed by atoms with van der Waals surface area (Å²) >= 11 is 6.07. The quantitative estimate of drug-likeness (QED) is 0.212. The number of aromatic carboxylic acids is 1. The molecule has 0 spiro atoms. The summed E-state index contributed by atoms with van der Waals surface area (Å²) in [4.78, 5) is 59.0. The maximum atomic E-state index is 13.9. The van der Waals surface area contributed by atoms with E-state index in [9.17, 15) is 37.5 Å². The van der Waals surface area contributed by atoms with Crippen LogP contribution in [0.15, 0.2) is 71.5 Å². The molecule has 0 radical (unpaired) electrons. The minimum absolute atomic E-state index is 0.000618. The molecule has 2 aliphatic heterocycles. The van der Waals surface area contributed by atoms with Crippen molar-refractivity contribution in [3.8, 4) is 11.4 Å². The molecule has 52 heavy (non-hydrogen) atoms. The molecule has 6 rings (SSSR count). The lowest BCUT2D eigenvalue weighted by Gasteiger charge is -2.38. The number of carbonyl (C=O) groups is 3. The van der Waals surface area contributed by atoms with Crippen LogP contribution in [-0.2, 0) is 22.1 Å². The molecule has 2 fully saturated rings. The second kappa shape index (κ2) is 15.0. The van der Waals surface area contributed by atoms with Gasteiger partial charge in [0.05, 0.1) is 27.9 Å². The van der Waals surface area contributed by atoms with E-state index in [1.165, 1.54) is 32.7 Å². The van der Waals surface area contributed by atoms with Crippen LogP contribution in [0.2, 0.25) is 5.02 Å². The van der Waals surface area contributed by atoms with Gasteiger partial charge in [0.25, 0.3) is 5.91 Å². The average Bonchev–Trinajstić information content (AvgIpc) is 3.53. The summed E-state index contributed by atoms with van der Waals surface area (Å²) in [6.07, 6.45) is -6.80. The molecular weight excluding hydrogens is 707 g/mol. The standard InChI is InChI=1S/C35H35ClF3N7O6/c36-27-19-21(18-26(29(27)40)35(37,38)39)20-28(31(47)44-16-14-43(15-17-44)24-8-6-23(7-9-24)32(48)49)52-34(51)45-12-10-25(11-13-45)46-33(50)41-30(42-46)22-4-2-1-3-5-22/h1-9,18-19,25,28H,10-17,20,40H2,(H,48,49)(H,41,42,50)/t28-/m1/s1. The zero-order valence-electron chi connectivity index (χ0n) is 27.7. The number of rotatable bonds is 8. The van der Waals surface area contributed by atoms with Crippen LogP contribution in [0.5, 0.6) is 0 Å². The third kappa shape index (κ3) is 8.01. The number of hydrogen-bond donors (Lipinski definition) is 3. The third-order valence-electron chi connectivity index (χ3n) is 9.26. The van der Waals surface area contributed by atoms with Gasteiger partial charge in [-0.15, -0.1) is 5.10 Å². The Hall–Kier alpha value is -5.51. The van der Waals surface area contributed by atoms with Gasteiger partial charge in [0.1, 0.15) is 0 Å². The van der Waals surface area contributed by atoms with Crippen molar-refractivity contribution in [2.24, 2.45) is 0 Å². The number of halogens is 4. The van der Waals surface area contributed by atoms with E-state index in [-0.39, 0.29) is 54.1 Å². The van der Waals surface area contributed by atoms with Gasteiger partial charge < -0.3 is 30.3 Å². The van der Waals surface area contributed by atoms with Crippen LogP contribution in [0.25, 0.3) is 11.4 Å². The fourth-order valence-corrected chi connectivity index (χ4v) is 6.66. The first kappa shape index (κ1) is 36.3. The topological polar surface area (TPSA) is 167 Å². The number of nitrogens with two attached hydrogens (primary N) is 1. The van der Waals surface area contributed by atoms with Crippen molar-refractivity contribution >= 4 is 40.9 Å². The van der Waals surface area contributed by atoms with Gasteiger partial charge in [-0.05, 0) is 54.8 Å². The Balaban J connectivity index is 1.15. The zero-order valence-corrected chi connectivity index (χ0v) is 28.4. The number of carboxylic acids is 1. The molecule has 274 valence electrons. The number of nitrogens with one attached hydrogen (secondary N) is 1. The highest BCUT2D eigenvalue weighted by atomic mass is 35.5. The summed E-state index contributed by atoms with van der Waals surface area (Å²) in [5.74, 6) is -1.23. The normalized spacial score (nSPS) is 16.1. The summed E-state index contributed by atoms with van der Waals surface area (Å²) in [7, 11) is 0. The van der Waals surface area contributed by atoms with Gasteiger partial charge in [0.15, 0.2) is 11.9 Å². The van der Waals surface area contributed by atoms with Crippen molar-refractivity contribution < 1.29 is 37.4 Å². The predicted molar refractivity (Wildman–Crippen MR) is 185 cm³/mol. The van der Waals surface area contributed by atoms with Crippen molar-refractivity contribution in [2.45, 2.75) is 37.6 Å². The first-order valence-electron chi connectivity index (χ1n) is 16.5. The number of aromatic amines is 1. The Morgan fingerprint density at radius 3 is 2.23 bits per heavy atom. The van der Waals surface area contributed by atoms with Crippen LogP contribution in [-0.4, -0.2) is 93.0 Å². The van der Waals surface area contributed by atoms with Gasteiger partial charge in [-0.2, -0.15) is 13.2 Å². The van der Waals surface area contributed by atoms with Crippen molar-refractivity contribution in [2.75, 3.05) is 49.9 Å². The number of likely N-dealkylation sites (tertiary alicyclic amines) is 1. The van der Waals surface area contributed by atoms with Gasteiger partial charge in [-0.3, -0.25) is 9.78 Å². The molecule has 0 unspecified atom stereocenters. The summed E-state index contributed by atoms with van der Waals surface area (Å²) in [6, 6.07) is 17.2. The number of nitrogens with zero attached hydrogens (tertiary/aromatic N) is 5. The van der Waals surface area contributed by atoms with Gasteiger partial charge in [-0.1, -0.05) is 41.9 Å². The molecule has 0 saturated carbocycles. The highest BCUT2D eigenvalue weighted by Gasteiger charge is 2.37. The Morgan fingerprint density at radius 2 is 1.62 bits per heavy atom. The number of hydrogen-bond acceptors (Lipinski definition) is 8. The first-order chi connectivity index (χ1) is 24.8. The SMILES string of the molecule is Nc1c(Cl)cc(C[C@@H](OC(=O)N2CCC(n3nc(-c4ccccc4)[nH]c3=O)CC2)C(=O)N2CCN(c3ccc(C(=O)O)cc3)CC2)cc1C(F)(F)F. The molecular formula is C35H35ClF3N7O6. The predicted octanol–water partition coefficient (Wildman–Crippen LogP) is 4.92. The number of carboxylic acid groups (broad SMARTS) is 1. The lowest BCUT2D eigenvalue weighted by molar-refractivity contribution is -0.141. The van der Waals surface area contributed by atoms with Crippen LogP contribution in [0.3, 0.4) is 0 Å². The van der Waals surface area contributed by atoms with Crippen molar-refractivity contribution in [1.82, 2.24) is 24.6 Å². The molecule has 3 aromatic carbocycles. The number of nitrogen functional groups attached to an aromatic ring is 1. The number of anilines is 2. The third-order valence-corrected chi connectivity index (χ3v) is 9.57. The maximum Gasteiger partial charge on any atom is 0.418 e. The van der Waals surface area contributed by atoms with Gasteiger partial charge >= 0.3 is 23.9 Å². The van der Waals surface area contributed by atoms with E-state index < -0.39 is 47.9 Å². The highest BCUT2D eigenvalue weighted by Crippen LogP contribution is 2.38. The Morgan fingerprint density at radius 1 is 0.962 bits per heavy atom. The number of carbonyl (C=O) groups excluding carboxylic acids is 2. The lowest BCUT2D eigenvalue weighted by atomic mass is 10.0. The summed E-state index contributed by atoms with van der Waals surface area (Å²) in [5.41, 5.74) is 5.05. The van der Waals surface area contributed by atoms with Crippen molar-refractivity contribution in [3.05, 3.63) is 98.9 Å². The number of H-pyrrole nitrogens is 1. The van der Waals surface area contributed by atoms with E-state index >= 15 is 0 Å². The molecule has 3 heterocycles. The molecule has 2 amide bonds. The molecule has 2 saturated heterocycles. The summed E-state index contributed by atoms with van der Waals surface area (Å²) in [5, 5.41) is 13.3. The summed E-state index contributed by atoms with van der Waals surface area (Å²) < 4.78 is 48.5.